The number of fused-ring (bicyclic) bond motifs is 1. The van der Waals surface area contributed by atoms with Crippen molar-refractivity contribution in [2.24, 2.45) is 0 Å². The van der Waals surface area contributed by atoms with Crippen molar-refractivity contribution < 1.29 is 4.74 Å². The number of hydrogen-bond acceptors (Lipinski definition) is 2. The number of rotatable bonds is 2. The molecule has 1 aromatic carbocycles. The molecule has 1 fully saturated rings. The standard InChI is InChI=1S/C14H19NO/c1-9-6-7-12-13(15-11-4-3-5-11)8-16-14(12)10(9)2/h6-7,11,13,15H,3-5,8H2,1-2H3. The lowest BCUT2D eigenvalue weighted by atomic mass is 9.91. The summed E-state index contributed by atoms with van der Waals surface area (Å²) in [5, 5.41) is 3.69. The lowest BCUT2D eigenvalue weighted by Crippen LogP contribution is -2.38. The van der Waals surface area contributed by atoms with Crippen LogP contribution in [0.3, 0.4) is 0 Å². The van der Waals surface area contributed by atoms with E-state index in [1.165, 1.54) is 36.0 Å². The summed E-state index contributed by atoms with van der Waals surface area (Å²) in [6, 6.07) is 5.57. The Morgan fingerprint density at radius 1 is 1.25 bits per heavy atom. The Hall–Kier alpha value is -1.02. The Morgan fingerprint density at radius 3 is 2.75 bits per heavy atom. The molecule has 86 valence electrons. The molecule has 1 aliphatic heterocycles. The third-order valence-electron chi connectivity index (χ3n) is 4.02. The van der Waals surface area contributed by atoms with E-state index < -0.39 is 0 Å². The first-order valence-electron chi connectivity index (χ1n) is 6.24. The summed E-state index contributed by atoms with van der Waals surface area (Å²) < 4.78 is 5.83. The van der Waals surface area contributed by atoms with Gasteiger partial charge in [0.2, 0.25) is 0 Å². The Labute approximate surface area is 97.0 Å². The molecular weight excluding hydrogens is 198 g/mol. The van der Waals surface area contributed by atoms with Crippen LogP contribution >= 0.6 is 0 Å². The van der Waals surface area contributed by atoms with Crippen LogP contribution in [0.1, 0.15) is 42.0 Å². The first-order valence-corrected chi connectivity index (χ1v) is 6.24. The second-order valence-corrected chi connectivity index (χ2v) is 5.08. The molecule has 0 amide bonds. The Kier molecular flexibility index (Phi) is 2.40. The van der Waals surface area contributed by atoms with E-state index in [4.69, 9.17) is 4.74 Å². The van der Waals surface area contributed by atoms with Crippen molar-refractivity contribution in [2.75, 3.05) is 6.61 Å². The highest BCUT2D eigenvalue weighted by atomic mass is 16.5. The van der Waals surface area contributed by atoms with E-state index in [2.05, 4.69) is 31.3 Å². The van der Waals surface area contributed by atoms with Crippen LogP contribution in [0.4, 0.5) is 0 Å². The van der Waals surface area contributed by atoms with Crippen LogP contribution in [0, 0.1) is 13.8 Å². The Bertz CT molecular complexity index is 409. The maximum atomic E-state index is 5.83. The predicted molar refractivity (Wildman–Crippen MR) is 64.9 cm³/mol. The predicted octanol–water partition coefficient (Wildman–Crippen LogP) is 2.88. The van der Waals surface area contributed by atoms with Gasteiger partial charge in [-0.25, -0.2) is 0 Å². The van der Waals surface area contributed by atoms with Crippen LogP contribution in [0.5, 0.6) is 5.75 Å². The van der Waals surface area contributed by atoms with E-state index in [1.807, 2.05) is 0 Å². The van der Waals surface area contributed by atoms with Gasteiger partial charge in [-0.15, -0.1) is 0 Å². The van der Waals surface area contributed by atoms with Crippen LogP contribution in [0.15, 0.2) is 12.1 Å². The quantitative estimate of drug-likeness (QED) is 0.822. The summed E-state index contributed by atoms with van der Waals surface area (Å²) in [5.74, 6) is 1.12. The van der Waals surface area contributed by atoms with Crippen molar-refractivity contribution in [1.29, 1.82) is 0 Å². The van der Waals surface area contributed by atoms with Crippen molar-refractivity contribution in [1.82, 2.24) is 5.32 Å². The van der Waals surface area contributed by atoms with Crippen LogP contribution in [-0.2, 0) is 0 Å². The number of nitrogens with one attached hydrogen (secondary N) is 1. The highest BCUT2D eigenvalue weighted by Crippen LogP contribution is 2.37. The third-order valence-corrected chi connectivity index (χ3v) is 4.02. The van der Waals surface area contributed by atoms with Gasteiger partial charge in [-0.1, -0.05) is 18.6 Å². The van der Waals surface area contributed by atoms with E-state index in [-0.39, 0.29) is 0 Å². The molecule has 2 heteroatoms. The fourth-order valence-corrected chi connectivity index (χ4v) is 2.53. The molecule has 0 saturated heterocycles. The van der Waals surface area contributed by atoms with Gasteiger partial charge in [-0.05, 0) is 37.8 Å². The second kappa shape index (κ2) is 3.77. The maximum absolute atomic E-state index is 5.83. The van der Waals surface area contributed by atoms with E-state index in [1.54, 1.807) is 0 Å². The molecule has 2 aliphatic rings. The highest BCUT2D eigenvalue weighted by molar-refractivity contribution is 5.49. The molecule has 16 heavy (non-hydrogen) atoms. The zero-order valence-electron chi connectivity index (χ0n) is 10.0. The smallest absolute Gasteiger partial charge is 0.127 e. The number of aryl methyl sites for hydroxylation is 1. The lowest BCUT2D eigenvalue weighted by Gasteiger charge is -2.29. The highest BCUT2D eigenvalue weighted by Gasteiger charge is 2.29. The maximum Gasteiger partial charge on any atom is 0.127 e. The molecule has 1 aliphatic carbocycles. The summed E-state index contributed by atoms with van der Waals surface area (Å²) >= 11 is 0. The summed E-state index contributed by atoms with van der Waals surface area (Å²) in [7, 11) is 0. The minimum Gasteiger partial charge on any atom is -0.491 e. The van der Waals surface area contributed by atoms with E-state index in [0.29, 0.717) is 6.04 Å². The van der Waals surface area contributed by atoms with Crippen molar-refractivity contribution >= 4 is 0 Å². The van der Waals surface area contributed by atoms with Gasteiger partial charge >= 0.3 is 0 Å². The van der Waals surface area contributed by atoms with Crippen LogP contribution in [0.25, 0.3) is 0 Å². The Morgan fingerprint density at radius 2 is 2.06 bits per heavy atom. The summed E-state index contributed by atoms with van der Waals surface area (Å²) in [4.78, 5) is 0. The zero-order valence-corrected chi connectivity index (χ0v) is 10.0. The molecule has 0 radical (unpaired) electrons. The van der Waals surface area contributed by atoms with Gasteiger partial charge in [-0.2, -0.15) is 0 Å². The van der Waals surface area contributed by atoms with Crippen LogP contribution < -0.4 is 10.1 Å². The SMILES string of the molecule is Cc1ccc2c(c1C)OCC2NC1CCC1. The van der Waals surface area contributed by atoms with E-state index >= 15 is 0 Å². The molecule has 1 aromatic rings. The number of hydrogen-bond donors (Lipinski definition) is 1. The fourth-order valence-electron chi connectivity index (χ4n) is 2.53. The molecule has 1 atom stereocenters. The second-order valence-electron chi connectivity index (χ2n) is 5.08. The molecule has 1 saturated carbocycles. The zero-order chi connectivity index (χ0) is 11.1. The topological polar surface area (TPSA) is 21.3 Å². The van der Waals surface area contributed by atoms with E-state index in [0.717, 1.165) is 18.4 Å². The monoisotopic (exact) mass is 217 g/mol. The summed E-state index contributed by atoms with van der Waals surface area (Å²) in [6.45, 7) is 5.10. The van der Waals surface area contributed by atoms with Gasteiger partial charge < -0.3 is 10.1 Å². The molecule has 0 bridgehead atoms. The van der Waals surface area contributed by atoms with Crippen molar-refractivity contribution in [3.63, 3.8) is 0 Å². The van der Waals surface area contributed by atoms with Gasteiger partial charge in [0.05, 0.1) is 6.04 Å². The third kappa shape index (κ3) is 1.52. The van der Waals surface area contributed by atoms with E-state index in [9.17, 15) is 0 Å². The van der Waals surface area contributed by atoms with Gasteiger partial charge in [-0.3, -0.25) is 0 Å². The average molecular weight is 217 g/mol. The Balaban J connectivity index is 1.84. The van der Waals surface area contributed by atoms with Crippen LogP contribution in [-0.4, -0.2) is 12.6 Å². The molecule has 0 spiro atoms. The first kappa shape index (κ1) is 10.2. The lowest BCUT2D eigenvalue weighted by molar-refractivity contribution is 0.257. The summed E-state index contributed by atoms with van der Waals surface area (Å²) in [5.41, 5.74) is 3.98. The van der Waals surface area contributed by atoms with Gasteiger partial charge in [0, 0.05) is 11.6 Å². The van der Waals surface area contributed by atoms with Crippen molar-refractivity contribution in [3.8, 4) is 5.75 Å². The van der Waals surface area contributed by atoms with Gasteiger partial charge in [0.25, 0.3) is 0 Å². The summed E-state index contributed by atoms with van der Waals surface area (Å²) in [6.07, 6.45) is 4.04. The average Bonchev–Trinajstić information content (AvgIpc) is 2.61. The number of ether oxygens (including phenoxy) is 1. The fraction of sp³-hybridized carbons (Fsp3) is 0.571. The molecule has 3 rings (SSSR count). The molecule has 0 aromatic heterocycles. The van der Waals surface area contributed by atoms with Gasteiger partial charge in [0.1, 0.15) is 12.4 Å². The minimum atomic E-state index is 0.416. The van der Waals surface area contributed by atoms with Crippen molar-refractivity contribution in [3.05, 3.63) is 28.8 Å². The molecule has 1 N–H and O–H groups in total. The molecular formula is C14H19NO. The normalized spacial score (nSPS) is 23.8. The minimum absolute atomic E-state index is 0.416. The molecule has 2 nitrogen and oxygen atoms in total. The molecule has 1 heterocycles. The van der Waals surface area contributed by atoms with Crippen LogP contribution in [0.2, 0.25) is 0 Å². The molecule has 1 unspecified atom stereocenters. The van der Waals surface area contributed by atoms with Crippen molar-refractivity contribution in [2.45, 2.75) is 45.2 Å². The first-order chi connectivity index (χ1) is 7.75. The van der Waals surface area contributed by atoms with Gasteiger partial charge in [0.15, 0.2) is 0 Å². The number of benzene rings is 1. The largest absolute Gasteiger partial charge is 0.491 e.